The number of thioether (sulfide) groups is 1. The Balaban J connectivity index is 0.00000461. The van der Waals surface area contributed by atoms with E-state index in [4.69, 9.17) is 10.7 Å². The van der Waals surface area contributed by atoms with Crippen molar-refractivity contribution in [1.82, 2.24) is 29.7 Å². The van der Waals surface area contributed by atoms with Crippen molar-refractivity contribution < 1.29 is 9.59 Å². The summed E-state index contributed by atoms with van der Waals surface area (Å²) in [7, 11) is 2.20. The van der Waals surface area contributed by atoms with E-state index >= 15 is 0 Å². The van der Waals surface area contributed by atoms with Gasteiger partial charge in [-0.25, -0.2) is 15.0 Å². The van der Waals surface area contributed by atoms with Crippen LogP contribution in [0.15, 0.2) is 34.8 Å². The van der Waals surface area contributed by atoms with Crippen molar-refractivity contribution in [1.29, 1.82) is 5.26 Å². The molecule has 0 unspecified atom stereocenters. The number of benzene rings is 1. The number of piperazine rings is 1. The number of carbonyl (C=O) groups is 2. The van der Waals surface area contributed by atoms with Gasteiger partial charge in [0.05, 0.1) is 16.4 Å². The molecule has 0 aliphatic carbocycles. The molecular formula is C31H40ClN9O2S2. The lowest BCUT2D eigenvalue weighted by atomic mass is 9.96. The van der Waals surface area contributed by atoms with Gasteiger partial charge in [-0.1, -0.05) is 23.9 Å². The van der Waals surface area contributed by atoms with Gasteiger partial charge in [-0.3, -0.25) is 14.5 Å². The third kappa shape index (κ3) is 9.61. The first-order chi connectivity index (χ1) is 21.3. The van der Waals surface area contributed by atoms with Crippen LogP contribution in [0.1, 0.15) is 42.5 Å². The lowest BCUT2D eigenvalue weighted by Gasteiger charge is -2.38. The third-order valence-corrected chi connectivity index (χ3v) is 9.93. The molecule has 2 aliphatic rings. The van der Waals surface area contributed by atoms with Crippen molar-refractivity contribution in [2.24, 2.45) is 5.92 Å². The Hall–Kier alpha value is -3.28. The van der Waals surface area contributed by atoms with Crippen LogP contribution in [0.4, 0.5) is 11.5 Å². The van der Waals surface area contributed by atoms with E-state index in [-0.39, 0.29) is 35.6 Å². The number of carbonyl (C=O) groups excluding carboxylic acids is 2. The quantitative estimate of drug-likeness (QED) is 0.239. The summed E-state index contributed by atoms with van der Waals surface area (Å²) in [5, 5.41) is 15.8. The Kier molecular flexibility index (Phi) is 12.6. The summed E-state index contributed by atoms with van der Waals surface area (Å²) in [5.41, 5.74) is 9.01. The zero-order valence-electron chi connectivity index (χ0n) is 25.7. The predicted molar refractivity (Wildman–Crippen MR) is 181 cm³/mol. The first kappa shape index (κ1) is 34.6. The second-order valence-corrected chi connectivity index (χ2v) is 13.3. The van der Waals surface area contributed by atoms with Gasteiger partial charge in [0, 0.05) is 74.9 Å². The Labute approximate surface area is 279 Å². The minimum absolute atomic E-state index is 0. The van der Waals surface area contributed by atoms with Gasteiger partial charge in [-0.2, -0.15) is 5.26 Å². The summed E-state index contributed by atoms with van der Waals surface area (Å²) < 4.78 is 0. The van der Waals surface area contributed by atoms with Crippen molar-refractivity contribution in [3.63, 3.8) is 0 Å². The van der Waals surface area contributed by atoms with Crippen LogP contribution in [-0.2, 0) is 21.8 Å². The Bertz CT molecular complexity index is 1500. The maximum absolute atomic E-state index is 12.9. The van der Waals surface area contributed by atoms with Gasteiger partial charge in [-0.05, 0) is 51.0 Å². The molecule has 14 heteroatoms. The molecule has 2 aliphatic heterocycles. The van der Waals surface area contributed by atoms with E-state index in [1.165, 1.54) is 44.6 Å². The largest absolute Gasteiger partial charge is 0.382 e. The smallest absolute Gasteiger partial charge is 0.223 e. The molecule has 0 radical (unpaired) electrons. The van der Waals surface area contributed by atoms with Crippen molar-refractivity contribution in [3.05, 3.63) is 45.9 Å². The van der Waals surface area contributed by atoms with Crippen LogP contribution in [0.3, 0.4) is 0 Å². The van der Waals surface area contributed by atoms with Gasteiger partial charge in [0.15, 0.2) is 5.16 Å². The molecule has 0 spiro atoms. The second-order valence-electron chi connectivity index (χ2n) is 11.4. The SMILES string of the molecule is CC(=O)Nc1ccc(-c2nc(SCc3csc(CCC(=O)N4CCN(CC5CCN(C)CC5)CC4)n3)nc(N)c2C#N)cc1.Cl. The molecular weight excluding hydrogens is 630 g/mol. The molecule has 2 aromatic heterocycles. The number of hydrogen-bond acceptors (Lipinski definition) is 11. The highest BCUT2D eigenvalue weighted by Gasteiger charge is 2.25. The molecule has 5 rings (SSSR count). The van der Waals surface area contributed by atoms with Crippen LogP contribution in [0.25, 0.3) is 11.3 Å². The Morgan fingerprint density at radius 1 is 1.09 bits per heavy atom. The number of nitrogen functional groups attached to an aromatic ring is 1. The number of likely N-dealkylation sites (tertiary alicyclic amines) is 1. The summed E-state index contributed by atoms with van der Waals surface area (Å²) in [6.45, 7) is 8.52. The summed E-state index contributed by atoms with van der Waals surface area (Å²) in [6.07, 6.45) is 3.64. The topological polar surface area (TPSA) is 144 Å². The maximum atomic E-state index is 12.9. The molecule has 4 heterocycles. The van der Waals surface area contributed by atoms with Crippen LogP contribution >= 0.6 is 35.5 Å². The van der Waals surface area contributed by atoms with Crippen LogP contribution in [-0.4, -0.2) is 94.3 Å². The molecule has 0 atom stereocenters. The normalized spacial score (nSPS) is 16.2. The number of anilines is 2. The van der Waals surface area contributed by atoms with Crippen LogP contribution in [0.2, 0.25) is 0 Å². The van der Waals surface area contributed by atoms with Crippen molar-refractivity contribution in [3.8, 4) is 17.3 Å². The lowest BCUT2D eigenvalue weighted by molar-refractivity contribution is -0.133. The van der Waals surface area contributed by atoms with E-state index in [1.807, 2.05) is 10.3 Å². The number of nitriles is 1. The van der Waals surface area contributed by atoms with E-state index in [0.717, 1.165) is 49.3 Å². The van der Waals surface area contributed by atoms with Gasteiger partial charge in [0.1, 0.15) is 17.5 Å². The number of piperidine rings is 1. The molecule has 45 heavy (non-hydrogen) atoms. The predicted octanol–water partition coefficient (Wildman–Crippen LogP) is 4.15. The zero-order chi connectivity index (χ0) is 31.1. The summed E-state index contributed by atoms with van der Waals surface area (Å²) in [6, 6.07) is 9.18. The summed E-state index contributed by atoms with van der Waals surface area (Å²) >= 11 is 2.96. The van der Waals surface area contributed by atoms with Gasteiger partial charge in [0.25, 0.3) is 0 Å². The van der Waals surface area contributed by atoms with Crippen LogP contribution < -0.4 is 11.1 Å². The second kappa shape index (κ2) is 16.3. The number of nitrogens with one attached hydrogen (secondary N) is 1. The number of nitrogens with zero attached hydrogens (tertiary/aromatic N) is 7. The minimum Gasteiger partial charge on any atom is -0.382 e. The number of thiazole rings is 1. The molecule has 2 amide bonds. The third-order valence-electron chi connectivity index (χ3n) is 8.09. The van der Waals surface area contributed by atoms with E-state index in [9.17, 15) is 14.9 Å². The fourth-order valence-corrected chi connectivity index (χ4v) is 7.23. The monoisotopic (exact) mass is 669 g/mol. The molecule has 240 valence electrons. The first-order valence-corrected chi connectivity index (χ1v) is 16.8. The molecule has 11 nitrogen and oxygen atoms in total. The fourth-order valence-electron chi connectivity index (χ4n) is 5.59. The Morgan fingerprint density at radius 3 is 2.47 bits per heavy atom. The Morgan fingerprint density at radius 2 is 1.80 bits per heavy atom. The van der Waals surface area contributed by atoms with Gasteiger partial charge in [-0.15, -0.1) is 23.7 Å². The number of aromatic nitrogens is 3. The van der Waals surface area contributed by atoms with Crippen molar-refractivity contribution >= 4 is 58.8 Å². The maximum Gasteiger partial charge on any atom is 0.223 e. The van der Waals surface area contributed by atoms with Crippen molar-refractivity contribution in [2.45, 2.75) is 43.5 Å². The van der Waals surface area contributed by atoms with Crippen LogP contribution in [0.5, 0.6) is 0 Å². The van der Waals surface area contributed by atoms with E-state index in [2.05, 4.69) is 38.2 Å². The van der Waals surface area contributed by atoms with Gasteiger partial charge >= 0.3 is 0 Å². The summed E-state index contributed by atoms with van der Waals surface area (Å²) in [4.78, 5) is 44.9. The van der Waals surface area contributed by atoms with Gasteiger partial charge < -0.3 is 20.9 Å². The minimum atomic E-state index is -0.163. The van der Waals surface area contributed by atoms with Crippen LogP contribution in [0, 0.1) is 17.2 Å². The molecule has 2 saturated heterocycles. The highest BCUT2D eigenvalue weighted by atomic mass is 35.5. The zero-order valence-corrected chi connectivity index (χ0v) is 28.1. The van der Waals surface area contributed by atoms with Crippen molar-refractivity contribution in [2.75, 3.05) is 63.9 Å². The standard InChI is InChI=1S/C31H39N9O2S2.ClH/c1-21(41)34-24-5-3-23(4-6-24)29-26(17-32)30(33)37-31(36-29)44-20-25-19-43-27(35-25)7-8-28(42)40-15-13-39(14-16-40)18-22-9-11-38(2)12-10-22;/h3-6,19,22H,7-16,18,20H2,1-2H3,(H,34,41)(H2,33,36,37);1H. The fraction of sp³-hybridized carbons (Fsp3) is 0.484. The highest BCUT2D eigenvalue weighted by molar-refractivity contribution is 7.98. The van der Waals surface area contributed by atoms with E-state index < -0.39 is 0 Å². The summed E-state index contributed by atoms with van der Waals surface area (Å²) in [5.74, 6) is 1.48. The highest BCUT2D eigenvalue weighted by Crippen LogP contribution is 2.30. The van der Waals surface area contributed by atoms with Gasteiger partial charge in [0.2, 0.25) is 11.8 Å². The number of hydrogen-bond donors (Lipinski definition) is 2. The number of aryl methyl sites for hydroxylation is 1. The molecule has 3 aromatic rings. The number of nitrogens with two attached hydrogens (primary N) is 1. The van der Waals surface area contributed by atoms with E-state index in [1.54, 1.807) is 35.6 Å². The molecule has 3 N–H and O–H groups in total. The first-order valence-electron chi connectivity index (χ1n) is 15.0. The van der Waals surface area contributed by atoms with E-state index in [0.29, 0.717) is 40.7 Å². The molecule has 0 saturated carbocycles. The molecule has 2 fully saturated rings. The average Bonchev–Trinajstić information content (AvgIpc) is 3.48. The number of amides is 2. The number of rotatable bonds is 10. The molecule has 1 aromatic carbocycles. The number of halogens is 1. The lowest BCUT2D eigenvalue weighted by Crippen LogP contribution is -2.50. The average molecular weight is 670 g/mol. The molecule has 0 bridgehead atoms.